The Morgan fingerprint density at radius 2 is 1.74 bits per heavy atom. The predicted molar refractivity (Wildman–Crippen MR) is 188 cm³/mol. The van der Waals surface area contributed by atoms with Crippen LogP contribution in [0.5, 0.6) is 11.5 Å². The number of methoxy groups -OCH3 is 1. The second-order valence-electron chi connectivity index (χ2n) is 9.78. The predicted octanol–water partition coefficient (Wildman–Crippen LogP) is 8.72. The number of aromatic nitrogens is 1. The molecule has 3 N–H and O–H groups in total. The molecule has 0 aliphatic rings. The number of rotatable bonds is 11. The summed E-state index contributed by atoms with van der Waals surface area (Å²) in [6.07, 6.45) is 1.47. The van der Waals surface area contributed by atoms with E-state index >= 15 is 0 Å². The van der Waals surface area contributed by atoms with E-state index in [9.17, 15) is 9.59 Å². The average Bonchev–Trinajstić information content (AvgIpc) is 3.51. The molecule has 5 aromatic rings. The van der Waals surface area contributed by atoms with Crippen molar-refractivity contribution in [2.45, 2.75) is 6.92 Å². The zero-order chi connectivity index (χ0) is 32.6. The van der Waals surface area contributed by atoms with E-state index < -0.39 is 0 Å². The van der Waals surface area contributed by atoms with Gasteiger partial charge in [0.15, 0.2) is 23.2 Å². The molecule has 0 saturated heterocycles. The van der Waals surface area contributed by atoms with Gasteiger partial charge in [-0.2, -0.15) is 5.10 Å². The van der Waals surface area contributed by atoms with E-state index in [1.54, 1.807) is 36.4 Å². The number of benzene rings is 4. The maximum absolute atomic E-state index is 12.7. The van der Waals surface area contributed by atoms with E-state index in [1.807, 2.05) is 54.8 Å². The summed E-state index contributed by atoms with van der Waals surface area (Å²) in [5.74, 6) is -0.0258. The minimum atomic E-state index is -0.377. The number of halogens is 3. The molecule has 0 atom stereocenters. The molecule has 5 rings (SSSR count). The second kappa shape index (κ2) is 15.2. The van der Waals surface area contributed by atoms with Crippen LogP contribution in [0.2, 0.25) is 10.0 Å². The Balaban J connectivity index is 1.15. The van der Waals surface area contributed by atoms with Gasteiger partial charge in [0.2, 0.25) is 0 Å². The lowest BCUT2D eigenvalue weighted by molar-refractivity contribution is -0.118. The van der Waals surface area contributed by atoms with Crippen LogP contribution in [0.25, 0.3) is 11.3 Å². The summed E-state index contributed by atoms with van der Waals surface area (Å²) in [7, 11) is 1.48. The van der Waals surface area contributed by atoms with E-state index in [0.29, 0.717) is 42.8 Å². The van der Waals surface area contributed by atoms with Crippen molar-refractivity contribution in [2.24, 2.45) is 5.10 Å². The number of hydrogen-bond acceptors (Lipinski definition) is 8. The fraction of sp³-hybridized carbons (Fsp3) is 0.0909. The lowest BCUT2D eigenvalue weighted by atomic mass is 10.1. The third kappa shape index (κ3) is 8.64. The number of hydrazone groups is 1. The van der Waals surface area contributed by atoms with Crippen molar-refractivity contribution in [1.82, 2.24) is 10.4 Å². The monoisotopic (exact) mass is 737 g/mol. The van der Waals surface area contributed by atoms with E-state index in [1.165, 1.54) is 24.7 Å². The summed E-state index contributed by atoms with van der Waals surface area (Å²) in [6, 6.07) is 23.1. The zero-order valence-electron chi connectivity index (χ0n) is 24.4. The lowest BCUT2D eigenvalue weighted by Crippen LogP contribution is -2.20. The molecule has 0 spiro atoms. The minimum Gasteiger partial charge on any atom is -0.493 e. The van der Waals surface area contributed by atoms with Crippen LogP contribution in [0, 0.1) is 6.92 Å². The van der Waals surface area contributed by atoms with Crippen LogP contribution in [0.15, 0.2) is 93.8 Å². The first-order valence-corrected chi connectivity index (χ1v) is 16.1. The highest BCUT2D eigenvalue weighted by atomic mass is 79.9. The lowest BCUT2D eigenvalue weighted by Gasteiger charge is -2.13. The fourth-order valence-corrected chi connectivity index (χ4v) is 5.72. The Morgan fingerprint density at radius 1 is 1.00 bits per heavy atom. The molecule has 0 aliphatic carbocycles. The number of nitrogens with one attached hydrogen (secondary N) is 3. The first-order valence-electron chi connectivity index (χ1n) is 13.7. The Morgan fingerprint density at radius 3 is 2.46 bits per heavy atom. The van der Waals surface area contributed by atoms with Crippen molar-refractivity contribution in [2.75, 3.05) is 24.4 Å². The normalized spacial score (nSPS) is 10.9. The molecular weight excluding hydrogens is 713 g/mol. The van der Waals surface area contributed by atoms with Gasteiger partial charge in [-0.1, -0.05) is 41.4 Å². The Hall–Kier alpha value is -4.42. The molecule has 1 aromatic heterocycles. The maximum Gasteiger partial charge on any atom is 0.271 e. The highest BCUT2D eigenvalue weighted by Crippen LogP contribution is 2.36. The third-order valence-corrected chi connectivity index (χ3v) is 8.48. The van der Waals surface area contributed by atoms with Crippen LogP contribution >= 0.6 is 50.5 Å². The standard InChI is InChI=1S/C33H26BrCl2N5O4S/c1-19-3-10-25(15-27(19)36)38-30(42)17-45-31-26(34)13-20(14-29(31)44-2)16-37-41-32(43)22-6-4-21(5-7-22)28-18-46-33(40-28)39-24-11-8-23(35)9-12-24/h3-16,18H,17H2,1-2H3,(H,38,42)(H,39,40)(H,41,43)/b37-16-. The summed E-state index contributed by atoms with van der Waals surface area (Å²) in [6.45, 7) is 1.62. The highest BCUT2D eigenvalue weighted by Gasteiger charge is 2.14. The van der Waals surface area contributed by atoms with Crippen molar-refractivity contribution >= 4 is 85.0 Å². The molecular formula is C33H26BrCl2N5O4S. The molecule has 0 saturated carbocycles. The summed E-state index contributed by atoms with van der Waals surface area (Å²) in [5, 5.41) is 14.0. The van der Waals surface area contributed by atoms with Crippen molar-refractivity contribution in [3.63, 3.8) is 0 Å². The van der Waals surface area contributed by atoms with Gasteiger partial charge in [-0.15, -0.1) is 11.3 Å². The highest BCUT2D eigenvalue weighted by molar-refractivity contribution is 9.10. The number of amides is 2. The first kappa shape index (κ1) is 33.0. The van der Waals surface area contributed by atoms with Crippen molar-refractivity contribution in [3.05, 3.63) is 115 Å². The van der Waals surface area contributed by atoms with Crippen LogP contribution < -0.4 is 25.5 Å². The minimum absolute atomic E-state index is 0.257. The Kier molecular flexibility index (Phi) is 10.9. The van der Waals surface area contributed by atoms with Gasteiger partial charge in [0.05, 0.1) is 23.5 Å². The van der Waals surface area contributed by atoms with Crippen LogP contribution in [-0.2, 0) is 4.79 Å². The van der Waals surface area contributed by atoms with Gasteiger partial charge in [-0.25, -0.2) is 10.4 Å². The molecule has 46 heavy (non-hydrogen) atoms. The SMILES string of the molecule is COc1cc(/C=N\NC(=O)c2ccc(-c3csc(Nc4ccc(Cl)cc4)n3)cc2)cc(Br)c1OCC(=O)Nc1ccc(C)c(Cl)c1. The number of nitrogens with zero attached hydrogens (tertiary/aromatic N) is 2. The summed E-state index contributed by atoms with van der Waals surface area (Å²) >= 11 is 17.0. The van der Waals surface area contributed by atoms with Gasteiger partial charge in [-0.3, -0.25) is 9.59 Å². The number of carbonyl (C=O) groups is 2. The van der Waals surface area contributed by atoms with Crippen molar-refractivity contribution < 1.29 is 19.1 Å². The van der Waals surface area contributed by atoms with Gasteiger partial charge in [0.1, 0.15) is 0 Å². The summed E-state index contributed by atoms with van der Waals surface area (Å²) in [4.78, 5) is 29.8. The quantitative estimate of drug-likeness (QED) is 0.0923. The number of aryl methyl sites for hydroxylation is 1. The number of anilines is 3. The third-order valence-electron chi connectivity index (χ3n) is 6.48. The molecule has 9 nitrogen and oxygen atoms in total. The average molecular weight is 739 g/mol. The molecule has 0 fully saturated rings. The van der Waals surface area contributed by atoms with Gasteiger partial charge in [0.25, 0.3) is 11.8 Å². The largest absolute Gasteiger partial charge is 0.493 e. The van der Waals surface area contributed by atoms with Gasteiger partial charge >= 0.3 is 0 Å². The molecule has 234 valence electrons. The summed E-state index contributed by atoms with van der Waals surface area (Å²) in [5.41, 5.74) is 7.61. The number of ether oxygens (including phenoxy) is 2. The molecule has 4 aromatic carbocycles. The molecule has 1 heterocycles. The zero-order valence-corrected chi connectivity index (χ0v) is 28.4. The molecule has 0 bridgehead atoms. The molecule has 13 heteroatoms. The van der Waals surface area contributed by atoms with Gasteiger partial charge < -0.3 is 20.1 Å². The first-order chi connectivity index (χ1) is 22.2. The van der Waals surface area contributed by atoms with E-state index in [0.717, 1.165) is 27.6 Å². The molecule has 2 amide bonds. The van der Waals surface area contributed by atoms with E-state index in [-0.39, 0.29) is 18.4 Å². The van der Waals surface area contributed by atoms with Gasteiger partial charge in [0, 0.05) is 37.9 Å². The number of hydrogen-bond donors (Lipinski definition) is 3. The van der Waals surface area contributed by atoms with E-state index in [4.69, 9.17) is 32.7 Å². The maximum atomic E-state index is 12.7. The van der Waals surface area contributed by atoms with E-state index in [2.05, 4.69) is 42.1 Å². The van der Waals surface area contributed by atoms with Crippen molar-refractivity contribution in [1.29, 1.82) is 0 Å². The second-order valence-corrected chi connectivity index (χ2v) is 12.3. The van der Waals surface area contributed by atoms with Gasteiger partial charge in [-0.05, 0) is 94.6 Å². The van der Waals surface area contributed by atoms with Crippen molar-refractivity contribution in [3.8, 4) is 22.8 Å². The fourth-order valence-electron chi connectivity index (χ4n) is 4.10. The van der Waals surface area contributed by atoms with Crippen LogP contribution in [0.1, 0.15) is 21.5 Å². The number of thiazole rings is 1. The number of carbonyl (C=O) groups excluding carboxylic acids is 2. The molecule has 0 unspecified atom stereocenters. The Bertz CT molecular complexity index is 1900. The molecule has 0 radical (unpaired) electrons. The molecule has 0 aliphatic heterocycles. The smallest absolute Gasteiger partial charge is 0.271 e. The van der Waals surface area contributed by atoms with Crippen LogP contribution in [-0.4, -0.2) is 36.7 Å². The van der Waals surface area contributed by atoms with Crippen LogP contribution in [0.4, 0.5) is 16.5 Å². The topological polar surface area (TPSA) is 114 Å². The Labute approximate surface area is 287 Å². The summed E-state index contributed by atoms with van der Waals surface area (Å²) < 4.78 is 11.7. The van der Waals surface area contributed by atoms with Crippen LogP contribution in [0.3, 0.4) is 0 Å².